The molecule has 5 rings (SSSR count). The van der Waals surface area contributed by atoms with E-state index >= 15 is 0 Å². The van der Waals surface area contributed by atoms with Crippen LogP contribution in [0, 0.1) is 17.7 Å². The molecule has 1 aliphatic carbocycles. The minimum Gasteiger partial charge on any atom is -0.469 e. The highest BCUT2D eigenvalue weighted by molar-refractivity contribution is 6.06. The van der Waals surface area contributed by atoms with Crippen molar-refractivity contribution in [2.45, 2.75) is 45.2 Å². The topological polar surface area (TPSA) is 73.2 Å². The summed E-state index contributed by atoms with van der Waals surface area (Å²) in [5.41, 5.74) is 2.85. The summed E-state index contributed by atoms with van der Waals surface area (Å²) in [7, 11) is 1.43. The number of amides is 1. The lowest BCUT2D eigenvalue weighted by atomic mass is 9.79. The number of aromatic nitrogens is 2. The number of nitrogens with one attached hydrogen (secondary N) is 1. The summed E-state index contributed by atoms with van der Waals surface area (Å²) in [6, 6.07) is 16.2. The lowest BCUT2D eigenvalue weighted by Gasteiger charge is -2.31. The van der Waals surface area contributed by atoms with Crippen LogP contribution >= 0.6 is 0 Å². The number of methoxy groups -OCH3 is 1. The number of hydrogen-bond acceptors (Lipinski definition) is 4. The Balaban J connectivity index is 1.34. The van der Waals surface area contributed by atoms with Gasteiger partial charge in [0.1, 0.15) is 5.82 Å². The summed E-state index contributed by atoms with van der Waals surface area (Å²) in [5.74, 6) is -0.278. The second-order valence-corrected chi connectivity index (χ2v) is 9.72. The Labute approximate surface area is 209 Å². The molecule has 0 aliphatic heterocycles. The molecule has 0 bridgehead atoms. The molecule has 2 aromatic heterocycles. The van der Waals surface area contributed by atoms with Gasteiger partial charge >= 0.3 is 5.97 Å². The number of pyridine rings is 1. The molecule has 2 aromatic carbocycles. The number of nitrogens with zero attached hydrogens (tertiary/aromatic N) is 2. The number of carbonyl (C=O) groups is 2. The van der Waals surface area contributed by atoms with Crippen LogP contribution in [0.3, 0.4) is 0 Å². The lowest BCUT2D eigenvalue weighted by molar-refractivity contribution is -0.146. The molecular weight excluding hydrogens is 457 g/mol. The van der Waals surface area contributed by atoms with Gasteiger partial charge in [0.05, 0.1) is 41.9 Å². The van der Waals surface area contributed by atoms with Gasteiger partial charge in [0, 0.05) is 29.1 Å². The first kappa shape index (κ1) is 24.0. The number of benzene rings is 2. The molecule has 1 fully saturated rings. The van der Waals surface area contributed by atoms with Gasteiger partial charge < -0.3 is 14.6 Å². The van der Waals surface area contributed by atoms with Crippen LogP contribution < -0.4 is 5.32 Å². The average molecular weight is 488 g/mol. The molecule has 186 valence electrons. The largest absolute Gasteiger partial charge is 0.469 e. The first-order valence-corrected chi connectivity index (χ1v) is 12.4. The summed E-state index contributed by atoms with van der Waals surface area (Å²) < 4.78 is 20.6. The minimum absolute atomic E-state index is 0.00758. The number of rotatable bonds is 6. The second-order valence-electron chi connectivity index (χ2n) is 9.72. The van der Waals surface area contributed by atoms with E-state index in [1.54, 1.807) is 6.07 Å². The Morgan fingerprint density at radius 2 is 1.86 bits per heavy atom. The highest BCUT2D eigenvalue weighted by Gasteiger charge is 2.30. The third kappa shape index (κ3) is 4.83. The molecule has 1 aliphatic rings. The van der Waals surface area contributed by atoms with Crippen LogP contribution in [-0.2, 0) is 16.1 Å². The van der Waals surface area contributed by atoms with Crippen molar-refractivity contribution in [3.05, 3.63) is 77.9 Å². The molecule has 1 atom stereocenters. The molecule has 6 nitrogen and oxygen atoms in total. The van der Waals surface area contributed by atoms with Gasteiger partial charge in [-0.05, 0) is 68.9 Å². The number of esters is 1. The predicted molar refractivity (Wildman–Crippen MR) is 137 cm³/mol. The van der Waals surface area contributed by atoms with Crippen molar-refractivity contribution in [2.75, 3.05) is 7.11 Å². The summed E-state index contributed by atoms with van der Waals surface area (Å²) in [4.78, 5) is 29.9. The monoisotopic (exact) mass is 487 g/mol. The molecule has 1 amide bonds. The van der Waals surface area contributed by atoms with Gasteiger partial charge in [0.2, 0.25) is 0 Å². The van der Waals surface area contributed by atoms with Crippen molar-refractivity contribution in [3.63, 3.8) is 0 Å². The maximum Gasteiger partial charge on any atom is 0.308 e. The molecule has 36 heavy (non-hydrogen) atoms. The standard InChI is InChI=1S/C29H30FN3O3/c1-18(19-6-8-22(9-7-19)29(35)36-2)31-28(34)25-5-3-4-21-14-15-33(27(21)25)17-24-13-11-20-10-12-23(30)16-26(20)32-24/h3-5,10-16,18-19,22H,6-9,17H2,1-2H3,(H,31,34)/t18?,19-,22-. The number of halogens is 1. The lowest BCUT2D eigenvalue weighted by Crippen LogP contribution is -2.40. The number of carbonyl (C=O) groups excluding carboxylic acids is 2. The van der Waals surface area contributed by atoms with Crippen molar-refractivity contribution in [1.29, 1.82) is 0 Å². The van der Waals surface area contributed by atoms with Crippen LogP contribution in [0.25, 0.3) is 21.8 Å². The maximum absolute atomic E-state index is 13.7. The number of fused-ring (bicyclic) bond motifs is 2. The van der Waals surface area contributed by atoms with E-state index in [0.29, 0.717) is 23.5 Å². The van der Waals surface area contributed by atoms with E-state index in [1.165, 1.54) is 19.2 Å². The SMILES string of the molecule is COC(=O)[C@H]1CC[C@H](C(C)NC(=O)c2cccc3ccn(Cc4ccc5ccc(F)cc5n4)c23)CC1. The zero-order valence-corrected chi connectivity index (χ0v) is 20.5. The first-order chi connectivity index (χ1) is 17.4. The van der Waals surface area contributed by atoms with Gasteiger partial charge in [-0.25, -0.2) is 4.39 Å². The van der Waals surface area contributed by atoms with E-state index < -0.39 is 0 Å². The highest BCUT2D eigenvalue weighted by Crippen LogP contribution is 2.32. The van der Waals surface area contributed by atoms with Crippen LogP contribution in [-0.4, -0.2) is 34.6 Å². The fourth-order valence-corrected chi connectivity index (χ4v) is 5.40. The molecule has 0 saturated heterocycles. The second kappa shape index (κ2) is 10.1. The summed E-state index contributed by atoms with van der Waals surface area (Å²) >= 11 is 0. The molecule has 0 radical (unpaired) electrons. The van der Waals surface area contributed by atoms with Crippen LogP contribution in [0.2, 0.25) is 0 Å². The predicted octanol–water partition coefficient (Wildman–Crippen LogP) is 5.47. The van der Waals surface area contributed by atoms with Crippen molar-refractivity contribution in [2.24, 2.45) is 11.8 Å². The zero-order valence-electron chi connectivity index (χ0n) is 20.5. The van der Waals surface area contributed by atoms with Gasteiger partial charge in [-0.1, -0.05) is 18.2 Å². The van der Waals surface area contributed by atoms with Crippen molar-refractivity contribution < 1.29 is 18.7 Å². The van der Waals surface area contributed by atoms with Gasteiger partial charge in [-0.15, -0.1) is 0 Å². The van der Waals surface area contributed by atoms with Gasteiger partial charge in [0.25, 0.3) is 5.91 Å². The molecular formula is C29H30FN3O3. The van der Waals surface area contributed by atoms with E-state index in [4.69, 9.17) is 4.74 Å². The zero-order chi connectivity index (χ0) is 25.2. The molecule has 1 saturated carbocycles. The normalized spacial score (nSPS) is 18.8. The fourth-order valence-electron chi connectivity index (χ4n) is 5.40. The highest BCUT2D eigenvalue weighted by atomic mass is 19.1. The molecule has 1 N–H and O–H groups in total. The number of para-hydroxylation sites is 1. The van der Waals surface area contributed by atoms with Crippen LogP contribution in [0.15, 0.2) is 60.8 Å². The fraction of sp³-hybridized carbons (Fsp3) is 0.345. The summed E-state index contributed by atoms with van der Waals surface area (Å²) in [6.07, 6.45) is 5.31. The number of hydrogen-bond donors (Lipinski definition) is 1. The van der Waals surface area contributed by atoms with Crippen LogP contribution in [0.1, 0.15) is 48.7 Å². The minimum atomic E-state index is -0.314. The van der Waals surface area contributed by atoms with Gasteiger partial charge in [-0.3, -0.25) is 14.6 Å². The number of ether oxygens (including phenoxy) is 1. The third-order valence-electron chi connectivity index (χ3n) is 7.45. The quantitative estimate of drug-likeness (QED) is 0.366. The molecule has 4 aromatic rings. The third-order valence-corrected chi connectivity index (χ3v) is 7.45. The van der Waals surface area contributed by atoms with E-state index in [0.717, 1.165) is 47.7 Å². The first-order valence-electron chi connectivity index (χ1n) is 12.4. The molecule has 7 heteroatoms. The Hall–Kier alpha value is -3.74. The Bertz CT molecular complexity index is 1420. The molecule has 2 heterocycles. The van der Waals surface area contributed by atoms with E-state index in [-0.39, 0.29) is 29.7 Å². The van der Waals surface area contributed by atoms with E-state index in [2.05, 4.69) is 10.3 Å². The summed E-state index contributed by atoms with van der Waals surface area (Å²) in [5, 5.41) is 5.06. The van der Waals surface area contributed by atoms with Crippen LogP contribution in [0.5, 0.6) is 0 Å². The Morgan fingerprint density at radius 3 is 2.64 bits per heavy atom. The van der Waals surface area contributed by atoms with Crippen molar-refractivity contribution in [3.8, 4) is 0 Å². The van der Waals surface area contributed by atoms with Crippen molar-refractivity contribution in [1.82, 2.24) is 14.9 Å². The average Bonchev–Trinajstić information content (AvgIpc) is 3.30. The molecule has 0 spiro atoms. The Kier molecular flexibility index (Phi) is 6.72. The Morgan fingerprint density at radius 1 is 1.08 bits per heavy atom. The smallest absolute Gasteiger partial charge is 0.308 e. The van der Waals surface area contributed by atoms with Crippen LogP contribution in [0.4, 0.5) is 4.39 Å². The van der Waals surface area contributed by atoms with Gasteiger partial charge in [0.15, 0.2) is 0 Å². The molecule has 1 unspecified atom stereocenters. The van der Waals surface area contributed by atoms with Crippen molar-refractivity contribution >= 4 is 33.7 Å². The van der Waals surface area contributed by atoms with E-state index in [1.807, 2.05) is 54.1 Å². The van der Waals surface area contributed by atoms with E-state index in [9.17, 15) is 14.0 Å². The van der Waals surface area contributed by atoms with Gasteiger partial charge in [-0.2, -0.15) is 0 Å². The maximum atomic E-state index is 13.7. The summed E-state index contributed by atoms with van der Waals surface area (Å²) in [6.45, 7) is 2.51.